The first-order valence-corrected chi connectivity index (χ1v) is 12.3. The van der Waals surface area contributed by atoms with Gasteiger partial charge in [-0.3, -0.25) is 24.0 Å². The molecule has 1 aliphatic heterocycles. The summed E-state index contributed by atoms with van der Waals surface area (Å²) in [5, 5.41) is 18.8. The Kier molecular flexibility index (Phi) is 10.8. The highest BCUT2D eigenvalue weighted by Crippen LogP contribution is 2.30. The summed E-state index contributed by atoms with van der Waals surface area (Å²) in [6.07, 6.45) is -3.93. The highest BCUT2D eigenvalue weighted by Gasteiger charge is 2.35. The number of benzene rings is 1. The molecule has 5 N–H and O–H groups in total. The summed E-state index contributed by atoms with van der Waals surface area (Å²) in [4.78, 5) is 62.8. The van der Waals surface area contributed by atoms with Gasteiger partial charge in [0.05, 0.1) is 11.7 Å². The van der Waals surface area contributed by atoms with Gasteiger partial charge in [-0.1, -0.05) is 32.9 Å². The van der Waals surface area contributed by atoms with Crippen LogP contribution in [0.25, 0.3) is 0 Å². The van der Waals surface area contributed by atoms with Gasteiger partial charge in [0.15, 0.2) is 11.5 Å². The van der Waals surface area contributed by atoms with Crippen LogP contribution in [0.1, 0.15) is 46.5 Å². The molecule has 1 heterocycles. The fourth-order valence-corrected chi connectivity index (χ4v) is 4.01. The number of carbonyl (C=O) groups is 5. The topological polar surface area (TPSA) is 163 Å². The van der Waals surface area contributed by atoms with Crippen LogP contribution in [0.3, 0.4) is 0 Å². The van der Waals surface area contributed by atoms with E-state index in [1.807, 2.05) is 5.32 Å². The number of para-hydroxylation sites is 2. The number of ether oxygens (including phenoxy) is 1. The molecule has 14 heteroatoms. The molecule has 1 fully saturated rings. The van der Waals surface area contributed by atoms with Crippen molar-refractivity contribution in [3.8, 4) is 5.75 Å². The molecule has 1 aliphatic rings. The number of Topliss-reactive ketones (excluding diaryl/α,β-unsaturated/α-hetero) is 1. The quantitative estimate of drug-likeness (QED) is 0.271. The van der Waals surface area contributed by atoms with Crippen molar-refractivity contribution in [3.63, 3.8) is 0 Å². The van der Waals surface area contributed by atoms with E-state index in [2.05, 4.69) is 20.7 Å². The Morgan fingerprint density at radius 3 is 2.33 bits per heavy atom. The third kappa shape index (κ3) is 10.5. The van der Waals surface area contributed by atoms with Crippen LogP contribution in [0.15, 0.2) is 24.3 Å². The third-order valence-corrected chi connectivity index (χ3v) is 5.79. The molecule has 39 heavy (non-hydrogen) atoms. The number of rotatable bonds is 10. The molecule has 0 radical (unpaired) electrons. The SMILES string of the molecule is CC(C)(C)C[C@H](NC(=O)C(=O)Nc1ccccc1OC(F)(F)F)C(=O)N[C@@H](CC1CCCNC1=O)C(=O)CO. The Morgan fingerprint density at radius 2 is 1.74 bits per heavy atom. The predicted octanol–water partition coefficient (Wildman–Crippen LogP) is 1.41. The second-order valence-electron chi connectivity index (χ2n) is 10.3. The lowest BCUT2D eigenvalue weighted by Crippen LogP contribution is -2.55. The molecule has 0 aromatic heterocycles. The van der Waals surface area contributed by atoms with Crippen molar-refractivity contribution in [1.82, 2.24) is 16.0 Å². The first-order valence-electron chi connectivity index (χ1n) is 12.3. The van der Waals surface area contributed by atoms with E-state index >= 15 is 0 Å². The van der Waals surface area contributed by atoms with E-state index in [1.54, 1.807) is 20.8 Å². The van der Waals surface area contributed by atoms with Gasteiger partial charge in [-0.05, 0) is 43.2 Å². The van der Waals surface area contributed by atoms with Gasteiger partial charge in [-0.25, -0.2) is 0 Å². The highest BCUT2D eigenvalue weighted by atomic mass is 19.4. The summed E-state index contributed by atoms with van der Waals surface area (Å²) in [6, 6.07) is 2.04. The number of anilines is 1. The lowest BCUT2D eigenvalue weighted by atomic mass is 9.87. The smallest absolute Gasteiger partial charge is 0.404 e. The van der Waals surface area contributed by atoms with Crippen LogP contribution in [-0.4, -0.2) is 66.1 Å². The van der Waals surface area contributed by atoms with Crippen LogP contribution in [-0.2, 0) is 24.0 Å². The van der Waals surface area contributed by atoms with E-state index < -0.39 is 71.3 Å². The van der Waals surface area contributed by atoms with Crippen molar-refractivity contribution < 1.29 is 47.0 Å². The monoisotopic (exact) mass is 558 g/mol. The maximum absolute atomic E-state index is 13.2. The first kappa shape index (κ1) is 31.5. The van der Waals surface area contributed by atoms with Crippen molar-refractivity contribution in [3.05, 3.63) is 24.3 Å². The Labute approximate surface area is 223 Å². The second kappa shape index (κ2) is 13.4. The standard InChI is InChI=1S/C25H33F3N4O7/c1-24(2,3)12-17(21(36)31-16(18(34)13-33)11-14-7-6-10-29-20(14)35)32-23(38)22(37)30-15-8-4-5-9-19(15)39-25(26,27)28/h4-5,8-9,14,16-17,33H,6-7,10-13H2,1-3H3,(H,29,35)(H,30,37)(H,31,36)(H,32,38)/t14?,16-,17-/m0/s1. The Bertz CT molecular complexity index is 1070. The van der Waals surface area contributed by atoms with E-state index in [-0.39, 0.29) is 18.7 Å². The minimum Gasteiger partial charge on any atom is -0.404 e. The molecule has 1 unspecified atom stereocenters. The van der Waals surface area contributed by atoms with Crippen molar-refractivity contribution in [2.45, 2.75) is 64.9 Å². The van der Waals surface area contributed by atoms with Crippen molar-refractivity contribution >= 4 is 35.1 Å². The Hall–Kier alpha value is -3.68. The van der Waals surface area contributed by atoms with Crippen LogP contribution in [0.5, 0.6) is 5.75 Å². The minimum atomic E-state index is -5.04. The average molecular weight is 559 g/mol. The molecule has 0 bridgehead atoms. The van der Waals surface area contributed by atoms with E-state index in [0.29, 0.717) is 19.4 Å². The van der Waals surface area contributed by atoms with Crippen molar-refractivity contribution in [2.75, 3.05) is 18.5 Å². The number of nitrogens with one attached hydrogen (secondary N) is 4. The van der Waals surface area contributed by atoms with Gasteiger partial charge in [0.2, 0.25) is 11.8 Å². The molecule has 216 valence electrons. The fraction of sp³-hybridized carbons (Fsp3) is 0.560. The van der Waals surface area contributed by atoms with Gasteiger partial charge in [0.25, 0.3) is 0 Å². The second-order valence-corrected chi connectivity index (χ2v) is 10.3. The third-order valence-electron chi connectivity index (χ3n) is 5.79. The maximum Gasteiger partial charge on any atom is 0.573 e. The van der Waals surface area contributed by atoms with E-state index in [0.717, 1.165) is 12.1 Å². The van der Waals surface area contributed by atoms with Gasteiger partial charge < -0.3 is 31.1 Å². The molecule has 3 atom stereocenters. The number of ketones is 1. The molecule has 0 saturated carbocycles. The lowest BCUT2D eigenvalue weighted by Gasteiger charge is -2.29. The highest BCUT2D eigenvalue weighted by molar-refractivity contribution is 6.40. The largest absolute Gasteiger partial charge is 0.573 e. The molecular weight excluding hydrogens is 525 g/mol. The number of hydrogen-bond acceptors (Lipinski definition) is 7. The number of aliphatic hydroxyl groups is 1. The zero-order chi connectivity index (χ0) is 29.4. The molecule has 2 rings (SSSR count). The van der Waals surface area contributed by atoms with Gasteiger partial charge in [-0.15, -0.1) is 13.2 Å². The molecule has 1 saturated heterocycles. The van der Waals surface area contributed by atoms with Crippen molar-refractivity contribution in [2.24, 2.45) is 11.3 Å². The number of hydrogen-bond donors (Lipinski definition) is 5. The number of halogens is 3. The molecular formula is C25H33F3N4O7. The van der Waals surface area contributed by atoms with E-state index in [1.165, 1.54) is 12.1 Å². The zero-order valence-electron chi connectivity index (χ0n) is 21.8. The summed E-state index contributed by atoms with van der Waals surface area (Å²) in [6.45, 7) is 4.87. The first-order chi connectivity index (χ1) is 18.1. The number of piperidine rings is 1. The van der Waals surface area contributed by atoms with Crippen LogP contribution >= 0.6 is 0 Å². The van der Waals surface area contributed by atoms with Crippen LogP contribution in [0, 0.1) is 11.3 Å². The van der Waals surface area contributed by atoms with Gasteiger partial charge >= 0.3 is 18.2 Å². The van der Waals surface area contributed by atoms with E-state index in [4.69, 9.17) is 0 Å². The van der Waals surface area contributed by atoms with Gasteiger partial charge in [-0.2, -0.15) is 0 Å². The number of carbonyl (C=O) groups excluding carboxylic acids is 5. The zero-order valence-corrected chi connectivity index (χ0v) is 21.8. The number of amides is 4. The molecule has 1 aromatic carbocycles. The van der Waals surface area contributed by atoms with Crippen molar-refractivity contribution in [1.29, 1.82) is 0 Å². The minimum absolute atomic E-state index is 0.00950. The number of aliphatic hydroxyl groups excluding tert-OH is 1. The van der Waals surface area contributed by atoms with Crippen LogP contribution in [0.4, 0.5) is 18.9 Å². The molecule has 0 aliphatic carbocycles. The summed E-state index contributed by atoms with van der Waals surface area (Å²) in [7, 11) is 0. The van der Waals surface area contributed by atoms with Gasteiger partial charge in [0, 0.05) is 12.5 Å². The molecule has 1 aromatic rings. The lowest BCUT2D eigenvalue weighted by molar-refractivity contribution is -0.274. The summed E-state index contributed by atoms with van der Waals surface area (Å²) < 4.78 is 41.9. The fourth-order valence-electron chi connectivity index (χ4n) is 4.01. The number of alkyl halides is 3. The molecule has 11 nitrogen and oxygen atoms in total. The summed E-state index contributed by atoms with van der Waals surface area (Å²) in [5.74, 6) is -5.85. The normalized spacial score (nSPS) is 17.3. The molecule has 4 amide bonds. The van der Waals surface area contributed by atoms with Crippen LogP contribution < -0.4 is 26.0 Å². The maximum atomic E-state index is 13.2. The average Bonchev–Trinajstić information content (AvgIpc) is 2.83. The van der Waals surface area contributed by atoms with Gasteiger partial charge in [0.1, 0.15) is 12.6 Å². The summed E-state index contributed by atoms with van der Waals surface area (Å²) >= 11 is 0. The summed E-state index contributed by atoms with van der Waals surface area (Å²) in [5.41, 5.74) is -0.982. The molecule has 0 spiro atoms. The van der Waals surface area contributed by atoms with E-state index in [9.17, 15) is 42.3 Å². The Balaban J connectivity index is 2.17. The Morgan fingerprint density at radius 1 is 1.08 bits per heavy atom. The van der Waals surface area contributed by atoms with Crippen LogP contribution in [0.2, 0.25) is 0 Å². The predicted molar refractivity (Wildman–Crippen MR) is 132 cm³/mol.